The van der Waals surface area contributed by atoms with Crippen LogP contribution in [0.3, 0.4) is 0 Å². The molecule has 2 aromatic rings. The molecule has 1 N–H and O–H groups in total. The zero-order chi connectivity index (χ0) is 12.5. The van der Waals surface area contributed by atoms with Crippen molar-refractivity contribution in [2.45, 2.75) is 32.3 Å². The van der Waals surface area contributed by atoms with E-state index in [1.54, 1.807) is 0 Å². The van der Waals surface area contributed by atoms with Crippen molar-refractivity contribution >= 4 is 0 Å². The van der Waals surface area contributed by atoms with Gasteiger partial charge in [0, 0.05) is 12.6 Å². The van der Waals surface area contributed by atoms with Crippen molar-refractivity contribution in [3.05, 3.63) is 41.1 Å². The monoisotopic (exact) mass is 242 g/mol. The van der Waals surface area contributed by atoms with Gasteiger partial charge >= 0.3 is 0 Å². The van der Waals surface area contributed by atoms with Gasteiger partial charge in [-0.3, -0.25) is 4.68 Å². The molecule has 0 saturated carbocycles. The molecule has 1 aliphatic rings. The van der Waals surface area contributed by atoms with E-state index in [4.69, 9.17) is 5.11 Å². The number of rotatable bonds is 2. The van der Waals surface area contributed by atoms with E-state index in [9.17, 15) is 0 Å². The highest BCUT2D eigenvalue weighted by atomic mass is 16.3. The molecule has 1 aromatic carbocycles. The van der Waals surface area contributed by atoms with Gasteiger partial charge in [-0.05, 0) is 48.9 Å². The lowest BCUT2D eigenvalue weighted by molar-refractivity contribution is 0.275. The highest BCUT2D eigenvalue weighted by Gasteiger charge is 2.12. The van der Waals surface area contributed by atoms with E-state index in [1.165, 1.54) is 42.4 Å². The number of benzene rings is 1. The van der Waals surface area contributed by atoms with Gasteiger partial charge in [0.1, 0.15) is 0 Å². The third-order valence-electron chi connectivity index (χ3n) is 3.74. The minimum Gasteiger partial charge on any atom is -0.390 e. The Balaban J connectivity index is 2.03. The molecule has 1 aromatic heterocycles. The lowest BCUT2D eigenvalue weighted by atomic mass is 9.90. The molecule has 3 rings (SSSR count). The van der Waals surface area contributed by atoms with Gasteiger partial charge in [0.2, 0.25) is 0 Å². The molecule has 0 radical (unpaired) electrons. The number of aliphatic hydroxyl groups excluding tert-OH is 1. The maximum absolute atomic E-state index is 9.14. The topological polar surface area (TPSA) is 38.0 Å². The second-order valence-corrected chi connectivity index (χ2v) is 4.99. The minimum atomic E-state index is -0.00121. The second-order valence-electron chi connectivity index (χ2n) is 4.99. The Hall–Kier alpha value is -1.61. The highest BCUT2D eigenvalue weighted by Crippen LogP contribution is 2.27. The maximum Gasteiger partial charge on any atom is 0.0885 e. The largest absolute Gasteiger partial charge is 0.390 e. The van der Waals surface area contributed by atoms with E-state index in [-0.39, 0.29) is 6.61 Å². The van der Waals surface area contributed by atoms with Crippen LogP contribution in [-0.4, -0.2) is 14.9 Å². The summed E-state index contributed by atoms with van der Waals surface area (Å²) < 4.78 is 1.84. The first-order valence-corrected chi connectivity index (χ1v) is 6.54. The van der Waals surface area contributed by atoms with E-state index in [0.29, 0.717) is 0 Å². The fourth-order valence-electron chi connectivity index (χ4n) is 2.77. The Morgan fingerprint density at radius 2 is 1.94 bits per heavy atom. The molecule has 1 heterocycles. The van der Waals surface area contributed by atoms with E-state index < -0.39 is 0 Å². The molecule has 0 saturated heterocycles. The molecule has 18 heavy (non-hydrogen) atoms. The number of aliphatic hydroxyl groups is 1. The molecule has 0 bridgehead atoms. The van der Waals surface area contributed by atoms with Gasteiger partial charge in [-0.1, -0.05) is 12.1 Å². The Labute approximate surface area is 107 Å². The predicted molar refractivity (Wildman–Crippen MR) is 71.2 cm³/mol. The van der Waals surface area contributed by atoms with Crippen molar-refractivity contribution in [1.82, 2.24) is 9.78 Å². The van der Waals surface area contributed by atoms with Crippen LogP contribution in [0.5, 0.6) is 0 Å². The smallest absolute Gasteiger partial charge is 0.0885 e. The molecule has 94 valence electrons. The molecule has 1 aliphatic carbocycles. The van der Waals surface area contributed by atoms with Crippen LogP contribution >= 0.6 is 0 Å². The zero-order valence-corrected chi connectivity index (χ0v) is 10.7. The summed E-state index contributed by atoms with van der Waals surface area (Å²) in [5.41, 5.74) is 5.98. The Bertz CT molecular complexity index is 572. The Kier molecular flexibility index (Phi) is 2.92. The minimum absolute atomic E-state index is 0.00121. The van der Waals surface area contributed by atoms with Gasteiger partial charge in [-0.2, -0.15) is 5.10 Å². The van der Waals surface area contributed by atoms with Crippen molar-refractivity contribution in [3.8, 4) is 11.3 Å². The first kappa shape index (κ1) is 11.5. The average Bonchev–Trinajstić information content (AvgIpc) is 2.79. The number of aryl methyl sites for hydroxylation is 3. The average molecular weight is 242 g/mol. The third kappa shape index (κ3) is 1.95. The number of nitrogens with zero attached hydrogens (tertiary/aromatic N) is 2. The summed E-state index contributed by atoms with van der Waals surface area (Å²) in [7, 11) is 1.92. The van der Waals surface area contributed by atoms with E-state index in [1.807, 2.05) is 17.8 Å². The SMILES string of the molecule is Cn1nc(CO)cc1-c1ccc2c(c1)CCCC2. The lowest BCUT2D eigenvalue weighted by Crippen LogP contribution is -2.03. The number of aromatic nitrogens is 2. The first-order chi connectivity index (χ1) is 8.78. The van der Waals surface area contributed by atoms with Gasteiger partial charge in [-0.25, -0.2) is 0 Å². The zero-order valence-electron chi connectivity index (χ0n) is 10.7. The fraction of sp³-hybridized carbons (Fsp3) is 0.400. The lowest BCUT2D eigenvalue weighted by Gasteiger charge is -2.16. The summed E-state index contributed by atoms with van der Waals surface area (Å²) >= 11 is 0. The molecule has 0 spiro atoms. The van der Waals surface area contributed by atoms with Crippen molar-refractivity contribution < 1.29 is 5.11 Å². The van der Waals surface area contributed by atoms with Crippen molar-refractivity contribution in [1.29, 1.82) is 0 Å². The van der Waals surface area contributed by atoms with E-state index in [2.05, 4.69) is 23.3 Å². The molecule has 3 nitrogen and oxygen atoms in total. The fourth-order valence-corrected chi connectivity index (χ4v) is 2.77. The van der Waals surface area contributed by atoms with Crippen LogP contribution in [0.25, 0.3) is 11.3 Å². The van der Waals surface area contributed by atoms with Crippen molar-refractivity contribution in [3.63, 3.8) is 0 Å². The molecule has 3 heteroatoms. The van der Waals surface area contributed by atoms with Gasteiger partial charge in [0.15, 0.2) is 0 Å². The summed E-state index contributed by atoms with van der Waals surface area (Å²) in [5, 5.41) is 13.4. The predicted octanol–water partition coefficient (Wildman–Crippen LogP) is 2.46. The normalized spacial score (nSPS) is 14.6. The van der Waals surface area contributed by atoms with Crippen LogP contribution in [-0.2, 0) is 26.5 Å². The summed E-state index contributed by atoms with van der Waals surface area (Å²) in [6.45, 7) is -0.00121. The van der Waals surface area contributed by atoms with Gasteiger partial charge in [0.25, 0.3) is 0 Å². The van der Waals surface area contributed by atoms with Crippen LogP contribution in [0.1, 0.15) is 29.7 Å². The quantitative estimate of drug-likeness (QED) is 0.878. The molecule has 0 aliphatic heterocycles. The van der Waals surface area contributed by atoms with Gasteiger partial charge in [-0.15, -0.1) is 0 Å². The van der Waals surface area contributed by atoms with Crippen LogP contribution < -0.4 is 0 Å². The molecule has 0 atom stereocenters. The summed E-state index contributed by atoms with van der Waals surface area (Å²) in [6.07, 6.45) is 5.01. The molecular weight excluding hydrogens is 224 g/mol. The van der Waals surface area contributed by atoms with Crippen molar-refractivity contribution in [2.24, 2.45) is 7.05 Å². The van der Waals surface area contributed by atoms with Crippen LogP contribution in [0, 0.1) is 0 Å². The number of hydrogen-bond donors (Lipinski definition) is 1. The Morgan fingerprint density at radius 3 is 2.67 bits per heavy atom. The highest BCUT2D eigenvalue weighted by molar-refractivity contribution is 5.62. The maximum atomic E-state index is 9.14. The van der Waals surface area contributed by atoms with E-state index in [0.717, 1.165) is 11.4 Å². The van der Waals surface area contributed by atoms with Crippen molar-refractivity contribution in [2.75, 3.05) is 0 Å². The molecule has 0 amide bonds. The molecule has 0 fully saturated rings. The molecule has 0 unspecified atom stereocenters. The summed E-state index contributed by atoms with van der Waals surface area (Å²) in [4.78, 5) is 0. The van der Waals surface area contributed by atoms with E-state index >= 15 is 0 Å². The number of fused-ring (bicyclic) bond motifs is 1. The standard InChI is InChI=1S/C15H18N2O/c1-17-15(9-14(10-18)16-17)13-7-6-11-4-2-3-5-12(11)8-13/h6-9,18H,2-5,10H2,1H3. The molecular formula is C15H18N2O. The van der Waals surface area contributed by atoms with Gasteiger partial charge in [0.05, 0.1) is 18.0 Å². The number of hydrogen-bond acceptors (Lipinski definition) is 2. The van der Waals surface area contributed by atoms with Crippen LogP contribution in [0.15, 0.2) is 24.3 Å². The van der Waals surface area contributed by atoms with Crippen LogP contribution in [0.4, 0.5) is 0 Å². The first-order valence-electron chi connectivity index (χ1n) is 6.54. The van der Waals surface area contributed by atoms with Gasteiger partial charge < -0.3 is 5.11 Å². The Morgan fingerprint density at radius 1 is 1.17 bits per heavy atom. The summed E-state index contributed by atoms with van der Waals surface area (Å²) in [6, 6.07) is 8.66. The third-order valence-corrected chi connectivity index (χ3v) is 3.74. The second kappa shape index (κ2) is 4.58. The van der Waals surface area contributed by atoms with Crippen LogP contribution in [0.2, 0.25) is 0 Å². The summed E-state index contributed by atoms with van der Waals surface area (Å²) in [5.74, 6) is 0.